The fraction of sp³-hybridized carbons (Fsp3) is 0.214. The molecule has 0 aliphatic carbocycles. The van der Waals surface area contributed by atoms with Crippen LogP contribution >= 0.6 is 0 Å². The van der Waals surface area contributed by atoms with Crippen LogP contribution in [0.3, 0.4) is 0 Å². The first-order chi connectivity index (χ1) is 9.63. The van der Waals surface area contributed by atoms with E-state index in [4.69, 9.17) is 5.73 Å². The molecule has 0 saturated heterocycles. The van der Waals surface area contributed by atoms with Gasteiger partial charge in [-0.15, -0.1) is 0 Å². The molecular formula is C14H15FN4O. The molecule has 0 fully saturated rings. The molecule has 0 atom stereocenters. The summed E-state index contributed by atoms with van der Waals surface area (Å²) in [6.07, 6.45) is 3.77. The van der Waals surface area contributed by atoms with Crippen LogP contribution in [0.25, 0.3) is 0 Å². The Hall–Kier alpha value is -2.50. The maximum absolute atomic E-state index is 13.7. The van der Waals surface area contributed by atoms with Crippen molar-refractivity contribution in [2.24, 2.45) is 0 Å². The number of aromatic nitrogens is 2. The van der Waals surface area contributed by atoms with Gasteiger partial charge in [0.15, 0.2) is 11.6 Å². The molecule has 6 heteroatoms. The van der Waals surface area contributed by atoms with Crippen molar-refractivity contribution in [1.29, 1.82) is 0 Å². The third-order valence-corrected chi connectivity index (χ3v) is 2.94. The number of aryl methyl sites for hydroxylation is 1. The Labute approximate surface area is 116 Å². The standard InChI is InChI=1S/C14H15FN4O/c1-2-9-4-3-6-17-11(9)8-19-14(20)10-5-7-18-13(16)12(10)15/h3-7H,2,8H2,1H3,(H2,16,18)(H,19,20). The topological polar surface area (TPSA) is 80.9 Å². The van der Waals surface area contributed by atoms with Crippen molar-refractivity contribution in [3.05, 3.63) is 53.2 Å². The van der Waals surface area contributed by atoms with Gasteiger partial charge in [0.05, 0.1) is 17.8 Å². The highest BCUT2D eigenvalue weighted by atomic mass is 19.1. The molecule has 2 aromatic rings. The lowest BCUT2D eigenvalue weighted by Crippen LogP contribution is -2.25. The summed E-state index contributed by atoms with van der Waals surface area (Å²) >= 11 is 0. The molecule has 104 valence electrons. The van der Waals surface area contributed by atoms with Crippen molar-refractivity contribution in [3.63, 3.8) is 0 Å². The third-order valence-electron chi connectivity index (χ3n) is 2.94. The second-order valence-electron chi connectivity index (χ2n) is 4.20. The monoisotopic (exact) mass is 274 g/mol. The summed E-state index contributed by atoms with van der Waals surface area (Å²) in [4.78, 5) is 19.7. The van der Waals surface area contributed by atoms with E-state index in [-0.39, 0.29) is 17.9 Å². The van der Waals surface area contributed by atoms with Gasteiger partial charge >= 0.3 is 0 Å². The highest BCUT2D eigenvalue weighted by molar-refractivity contribution is 5.95. The number of nitrogens with two attached hydrogens (primary N) is 1. The number of anilines is 1. The molecule has 0 aliphatic heterocycles. The van der Waals surface area contributed by atoms with Crippen LogP contribution in [0.1, 0.15) is 28.5 Å². The summed E-state index contributed by atoms with van der Waals surface area (Å²) in [7, 11) is 0. The zero-order valence-corrected chi connectivity index (χ0v) is 11.1. The fourth-order valence-corrected chi connectivity index (χ4v) is 1.85. The molecule has 2 rings (SSSR count). The van der Waals surface area contributed by atoms with Gasteiger partial charge in [0, 0.05) is 12.4 Å². The smallest absolute Gasteiger partial charge is 0.254 e. The first-order valence-electron chi connectivity index (χ1n) is 6.24. The van der Waals surface area contributed by atoms with Crippen molar-refractivity contribution in [1.82, 2.24) is 15.3 Å². The summed E-state index contributed by atoms with van der Waals surface area (Å²) in [5.74, 6) is -1.63. The van der Waals surface area contributed by atoms with E-state index in [2.05, 4.69) is 15.3 Å². The SMILES string of the molecule is CCc1cccnc1CNC(=O)c1ccnc(N)c1F. The average molecular weight is 274 g/mol. The van der Waals surface area contributed by atoms with E-state index < -0.39 is 11.7 Å². The minimum atomic E-state index is -0.804. The van der Waals surface area contributed by atoms with Crippen LogP contribution in [-0.2, 0) is 13.0 Å². The van der Waals surface area contributed by atoms with E-state index in [0.717, 1.165) is 17.7 Å². The van der Waals surface area contributed by atoms with E-state index >= 15 is 0 Å². The quantitative estimate of drug-likeness (QED) is 0.889. The van der Waals surface area contributed by atoms with Crippen molar-refractivity contribution in [2.75, 3.05) is 5.73 Å². The van der Waals surface area contributed by atoms with Gasteiger partial charge in [0.1, 0.15) is 0 Å². The van der Waals surface area contributed by atoms with Crippen molar-refractivity contribution in [2.45, 2.75) is 19.9 Å². The normalized spacial score (nSPS) is 10.3. The maximum Gasteiger partial charge on any atom is 0.254 e. The number of rotatable bonds is 4. The second kappa shape index (κ2) is 6.10. The molecule has 0 radical (unpaired) electrons. The minimum Gasteiger partial charge on any atom is -0.381 e. The highest BCUT2D eigenvalue weighted by Crippen LogP contribution is 2.12. The molecule has 0 aromatic carbocycles. The van der Waals surface area contributed by atoms with Crippen LogP contribution < -0.4 is 11.1 Å². The Balaban J connectivity index is 2.11. The number of nitrogen functional groups attached to an aromatic ring is 1. The highest BCUT2D eigenvalue weighted by Gasteiger charge is 2.14. The van der Waals surface area contributed by atoms with Crippen molar-refractivity contribution >= 4 is 11.7 Å². The number of carbonyl (C=O) groups is 1. The van der Waals surface area contributed by atoms with Crippen LogP contribution in [0.15, 0.2) is 30.6 Å². The summed E-state index contributed by atoms with van der Waals surface area (Å²) in [5.41, 5.74) is 7.03. The summed E-state index contributed by atoms with van der Waals surface area (Å²) in [5, 5.41) is 2.63. The molecule has 0 unspecified atom stereocenters. The number of halogens is 1. The first-order valence-corrected chi connectivity index (χ1v) is 6.24. The number of nitrogens with one attached hydrogen (secondary N) is 1. The number of amides is 1. The Kier molecular flexibility index (Phi) is 4.24. The van der Waals surface area contributed by atoms with E-state index in [1.165, 1.54) is 12.3 Å². The van der Waals surface area contributed by atoms with Gasteiger partial charge in [0.25, 0.3) is 5.91 Å². The average Bonchev–Trinajstić information content (AvgIpc) is 2.48. The van der Waals surface area contributed by atoms with E-state index in [0.29, 0.717) is 0 Å². The lowest BCUT2D eigenvalue weighted by Gasteiger charge is -2.09. The van der Waals surface area contributed by atoms with Crippen LogP contribution in [0.4, 0.5) is 10.2 Å². The Bertz CT molecular complexity index is 630. The number of carbonyl (C=O) groups excluding carboxylic acids is 1. The fourth-order valence-electron chi connectivity index (χ4n) is 1.85. The Morgan fingerprint density at radius 2 is 2.15 bits per heavy atom. The van der Waals surface area contributed by atoms with Gasteiger partial charge in [-0.3, -0.25) is 9.78 Å². The number of pyridine rings is 2. The molecule has 1 amide bonds. The lowest BCUT2D eigenvalue weighted by atomic mass is 10.1. The number of hydrogen-bond acceptors (Lipinski definition) is 4. The zero-order chi connectivity index (χ0) is 14.5. The molecule has 2 heterocycles. The molecule has 2 aromatic heterocycles. The third kappa shape index (κ3) is 2.90. The van der Waals surface area contributed by atoms with E-state index in [9.17, 15) is 9.18 Å². The second-order valence-corrected chi connectivity index (χ2v) is 4.20. The van der Waals surface area contributed by atoms with Crippen LogP contribution in [0.2, 0.25) is 0 Å². The van der Waals surface area contributed by atoms with Crippen molar-refractivity contribution in [3.8, 4) is 0 Å². The van der Waals surface area contributed by atoms with Crippen LogP contribution in [-0.4, -0.2) is 15.9 Å². The van der Waals surface area contributed by atoms with Crippen LogP contribution in [0.5, 0.6) is 0 Å². The molecule has 3 N–H and O–H groups in total. The molecule has 0 spiro atoms. The predicted octanol–water partition coefficient (Wildman–Crippen LogP) is 1.69. The van der Waals surface area contributed by atoms with Gasteiger partial charge in [-0.1, -0.05) is 13.0 Å². The van der Waals surface area contributed by atoms with E-state index in [1.807, 2.05) is 19.1 Å². The summed E-state index contributed by atoms with van der Waals surface area (Å²) in [6, 6.07) is 5.08. The molecule has 0 aliphatic rings. The Morgan fingerprint density at radius 1 is 1.35 bits per heavy atom. The zero-order valence-electron chi connectivity index (χ0n) is 11.1. The molecule has 0 bridgehead atoms. The summed E-state index contributed by atoms with van der Waals surface area (Å²) < 4.78 is 13.7. The molecule has 5 nitrogen and oxygen atoms in total. The maximum atomic E-state index is 13.7. The molecule has 20 heavy (non-hydrogen) atoms. The summed E-state index contributed by atoms with van der Waals surface area (Å²) in [6.45, 7) is 2.25. The van der Waals surface area contributed by atoms with Crippen molar-refractivity contribution < 1.29 is 9.18 Å². The first kappa shape index (κ1) is 13.9. The van der Waals surface area contributed by atoms with Gasteiger partial charge in [-0.25, -0.2) is 9.37 Å². The lowest BCUT2D eigenvalue weighted by molar-refractivity contribution is 0.0946. The number of nitrogens with zero attached hydrogens (tertiary/aromatic N) is 2. The van der Waals surface area contributed by atoms with Gasteiger partial charge < -0.3 is 11.1 Å². The van der Waals surface area contributed by atoms with Gasteiger partial charge in [-0.2, -0.15) is 0 Å². The van der Waals surface area contributed by atoms with Gasteiger partial charge in [0.2, 0.25) is 0 Å². The largest absolute Gasteiger partial charge is 0.381 e. The predicted molar refractivity (Wildman–Crippen MR) is 73.4 cm³/mol. The molecule has 0 saturated carbocycles. The van der Waals surface area contributed by atoms with Gasteiger partial charge in [-0.05, 0) is 24.1 Å². The Morgan fingerprint density at radius 3 is 2.90 bits per heavy atom. The molecular weight excluding hydrogens is 259 g/mol. The number of hydrogen-bond donors (Lipinski definition) is 2. The minimum absolute atomic E-state index is 0.119. The van der Waals surface area contributed by atoms with E-state index in [1.54, 1.807) is 6.20 Å². The van der Waals surface area contributed by atoms with Crippen LogP contribution in [0, 0.1) is 5.82 Å².